The maximum atomic E-state index is 5.67. The van der Waals surface area contributed by atoms with E-state index in [1.54, 1.807) is 0 Å². The normalized spacial score (nSPS) is 43.6. The van der Waals surface area contributed by atoms with E-state index in [0.717, 1.165) is 12.5 Å². The van der Waals surface area contributed by atoms with Gasteiger partial charge in [-0.1, -0.05) is 0 Å². The van der Waals surface area contributed by atoms with Crippen LogP contribution in [0.1, 0.15) is 39.5 Å². The molecule has 0 N–H and O–H groups in total. The molecular formula is C10H18O. The first-order valence-corrected chi connectivity index (χ1v) is 4.88. The summed E-state index contributed by atoms with van der Waals surface area (Å²) in [6.07, 6.45) is 6.32. The van der Waals surface area contributed by atoms with Gasteiger partial charge in [-0.3, -0.25) is 0 Å². The highest BCUT2D eigenvalue weighted by molar-refractivity contribution is 5.03. The van der Waals surface area contributed by atoms with Crippen molar-refractivity contribution in [1.82, 2.24) is 0 Å². The maximum Gasteiger partial charge on any atom is 0.0603 e. The third-order valence-corrected chi connectivity index (χ3v) is 3.72. The van der Waals surface area contributed by atoms with Gasteiger partial charge in [-0.05, 0) is 50.9 Å². The second-order valence-electron chi connectivity index (χ2n) is 4.27. The third kappa shape index (κ3) is 1.01. The molecule has 0 aliphatic heterocycles. The average molecular weight is 154 g/mol. The number of hydrogen-bond acceptors (Lipinski definition) is 1. The summed E-state index contributed by atoms with van der Waals surface area (Å²) in [4.78, 5) is 0. The summed E-state index contributed by atoms with van der Waals surface area (Å²) < 4.78 is 5.67. The second-order valence-corrected chi connectivity index (χ2v) is 4.27. The van der Waals surface area contributed by atoms with Gasteiger partial charge in [-0.15, -0.1) is 0 Å². The van der Waals surface area contributed by atoms with E-state index in [2.05, 4.69) is 13.8 Å². The Bertz CT molecular complexity index is 141. The molecule has 3 aliphatic rings. The molecule has 3 aliphatic carbocycles. The molecule has 3 fully saturated rings. The topological polar surface area (TPSA) is 9.23 Å². The zero-order valence-corrected chi connectivity index (χ0v) is 7.60. The van der Waals surface area contributed by atoms with Gasteiger partial charge in [-0.25, -0.2) is 0 Å². The van der Waals surface area contributed by atoms with Crippen molar-refractivity contribution in [3.05, 3.63) is 0 Å². The van der Waals surface area contributed by atoms with E-state index >= 15 is 0 Å². The predicted octanol–water partition coefficient (Wildman–Crippen LogP) is 2.60. The molecular weight excluding hydrogens is 136 g/mol. The Kier molecular flexibility index (Phi) is 1.71. The lowest BCUT2D eigenvalue weighted by molar-refractivity contribution is -0.0592. The third-order valence-electron chi connectivity index (χ3n) is 3.72. The van der Waals surface area contributed by atoms with Crippen LogP contribution in [0, 0.1) is 11.3 Å². The molecule has 0 aromatic carbocycles. The van der Waals surface area contributed by atoms with Crippen molar-refractivity contribution in [2.75, 3.05) is 6.61 Å². The first-order valence-electron chi connectivity index (χ1n) is 4.88. The minimum absolute atomic E-state index is 0.520. The monoisotopic (exact) mass is 154 g/mol. The molecule has 0 radical (unpaired) electrons. The summed E-state index contributed by atoms with van der Waals surface area (Å²) >= 11 is 0. The summed E-state index contributed by atoms with van der Waals surface area (Å²) in [5, 5.41) is 0. The molecule has 0 saturated heterocycles. The molecule has 1 unspecified atom stereocenters. The van der Waals surface area contributed by atoms with Crippen molar-refractivity contribution >= 4 is 0 Å². The Morgan fingerprint density at radius 3 is 2.73 bits per heavy atom. The summed E-state index contributed by atoms with van der Waals surface area (Å²) in [5.74, 6) is 1.07. The van der Waals surface area contributed by atoms with Crippen molar-refractivity contribution < 1.29 is 4.74 Å². The standard InChI is InChI=1S/C10H18O/c1-3-11-8(2)10-5-4-9(6-10)7-10/h8-9H,3-7H2,1-2H3. The first kappa shape index (κ1) is 7.60. The molecule has 2 bridgehead atoms. The van der Waals surface area contributed by atoms with Gasteiger partial charge in [0.1, 0.15) is 0 Å². The Labute approximate surface area is 69.1 Å². The van der Waals surface area contributed by atoms with Crippen LogP contribution in [0.5, 0.6) is 0 Å². The molecule has 0 amide bonds. The molecule has 3 saturated carbocycles. The maximum absolute atomic E-state index is 5.67. The van der Waals surface area contributed by atoms with Crippen molar-refractivity contribution in [2.45, 2.75) is 45.6 Å². The van der Waals surface area contributed by atoms with Crippen LogP contribution in [0.3, 0.4) is 0 Å². The Morgan fingerprint density at radius 1 is 1.55 bits per heavy atom. The van der Waals surface area contributed by atoms with Crippen LogP contribution in [0.4, 0.5) is 0 Å². The molecule has 1 atom stereocenters. The van der Waals surface area contributed by atoms with Crippen LogP contribution >= 0.6 is 0 Å². The summed E-state index contributed by atoms with van der Waals surface area (Å²) in [6, 6.07) is 0. The predicted molar refractivity (Wildman–Crippen MR) is 45.5 cm³/mol. The van der Waals surface area contributed by atoms with Crippen LogP contribution < -0.4 is 0 Å². The average Bonchev–Trinajstić information content (AvgIpc) is 2.42. The highest BCUT2D eigenvalue weighted by Crippen LogP contribution is 2.61. The molecule has 0 aromatic rings. The minimum Gasteiger partial charge on any atom is -0.378 e. The number of rotatable bonds is 3. The molecule has 3 rings (SSSR count). The molecule has 0 heterocycles. The van der Waals surface area contributed by atoms with Crippen molar-refractivity contribution in [2.24, 2.45) is 11.3 Å². The summed E-state index contributed by atoms with van der Waals surface area (Å²) in [6.45, 7) is 5.23. The Morgan fingerprint density at radius 2 is 2.27 bits per heavy atom. The van der Waals surface area contributed by atoms with Gasteiger partial charge in [0, 0.05) is 6.61 Å². The lowest BCUT2D eigenvalue weighted by Crippen LogP contribution is -2.39. The molecule has 11 heavy (non-hydrogen) atoms. The van der Waals surface area contributed by atoms with Gasteiger partial charge in [0.2, 0.25) is 0 Å². The molecule has 0 spiro atoms. The van der Waals surface area contributed by atoms with E-state index < -0.39 is 0 Å². The molecule has 1 heteroatoms. The fourth-order valence-electron chi connectivity index (χ4n) is 2.95. The lowest BCUT2D eigenvalue weighted by Gasteiger charge is -2.43. The van der Waals surface area contributed by atoms with Crippen molar-refractivity contribution in [3.8, 4) is 0 Å². The van der Waals surface area contributed by atoms with E-state index in [1.807, 2.05) is 0 Å². The molecule has 64 valence electrons. The van der Waals surface area contributed by atoms with Crippen LogP contribution in [0.25, 0.3) is 0 Å². The van der Waals surface area contributed by atoms with E-state index in [0.29, 0.717) is 11.5 Å². The Balaban J connectivity index is 1.93. The van der Waals surface area contributed by atoms with Crippen molar-refractivity contribution in [3.63, 3.8) is 0 Å². The SMILES string of the molecule is CCOC(C)C12CCC(C1)C2. The quantitative estimate of drug-likeness (QED) is 0.607. The minimum atomic E-state index is 0.520. The van der Waals surface area contributed by atoms with E-state index in [1.165, 1.54) is 25.7 Å². The van der Waals surface area contributed by atoms with E-state index in [-0.39, 0.29) is 0 Å². The van der Waals surface area contributed by atoms with Gasteiger partial charge in [0.15, 0.2) is 0 Å². The van der Waals surface area contributed by atoms with Crippen LogP contribution in [-0.4, -0.2) is 12.7 Å². The Hall–Kier alpha value is -0.0400. The second kappa shape index (κ2) is 2.48. The fraction of sp³-hybridized carbons (Fsp3) is 1.00. The van der Waals surface area contributed by atoms with E-state index in [9.17, 15) is 0 Å². The smallest absolute Gasteiger partial charge is 0.0603 e. The number of hydrogen-bond donors (Lipinski definition) is 0. The van der Waals surface area contributed by atoms with Crippen molar-refractivity contribution in [1.29, 1.82) is 0 Å². The summed E-state index contributed by atoms with van der Waals surface area (Å²) in [5.41, 5.74) is 0.626. The highest BCUT2D eigenvalue weighted by atomic mass is 16.5. The van der Waals surface area contributed by atoms with Gasteiger partial charge < -0.3 is 4.74 Å². The number of ether oxygens (including phenoxy) is 1. The highest BCUT2D eigenvalue weighted by Gasteiger charge is 2.53. The molecule has 1 nitrogen and oxygen atoms in total. The van der Waals surface area contributed by atoms with Crippen LogP contribution in [0.2, 0.25) is 0 Å². The number of fused-ring (bicyclic) bond motifs is 1. The fourth-order valence-corrected chi connectivity index (χ4v) is 2.95. The van der Waals surface area contributed by atoms with Gasteiger partial charge >= 0.3 is 0 Å². The van der Waals surface area contributed by atoms with Gasteiger partial charge in [0.05, 0.1) is 6.10 Å². The van der Waals surface area contributed by atoms with Crippen LogP contribution in [-0.2, 0) is 4.74 Å². The van der Waals surface area contributed by atoms with Crippen LogP contribution in [0.15, 0.2) is 0 Å². The van der Waals surface area contributed by atoms with Gasteiger partial charge in [0.25, 0.3) is 0 Å². The summed E-state index contributed by atoms with van der Waals surface area (Å²) in [7, 11) is 0. The lowest BCUT2D eigenvalue weighted by atomic mass is 9.66. The zero-order valence-electron chi connectivity index (χ0n) is 7.60. The first-order chi connectivity index (χ1) is 5.27. The molecule has 0 aromatic heterocycles. The largest absolute Gasteiger partial charge is 0.378 e. The van der Waals surface area contributed by atoms with E-state index in [4.69, 9.17) is 4.74 Å². The zero-order chi connectivity index (χ0) is 7.90. The van der Waals surface area contributed by atoms with Gasteiger partial charge in [-0.2, -0.15) is 0 Å².